The minimum absolute atomic E-state index is 0.627. The predicted octanol–water partition coefficient (Wildman–Crippen LogP) is 5.50. The van der Waals surface area contributed by atoms with Crippen LogP contribution in [0.15, 0.2) is 18.3 Å². The average molecular weight is 262 g/mol. The zero-order chi connectivity index (χ0) is 13.8. The maximum Gasteiger partial charge on any atom is 0.0661 e. The first-order valence-corrected chi connectivity index (χ1v) is 8.16. The van der Waals surface area contributed by atoms with Gasteiger partial charge in [-0.05, 0) is 25.0 Å². The molecule has 0 atom stereocenters. The summed E-state index contributed by atoms with van der Waals surface area (Å²) < 4.78 is 0. The first-order chi connectivity index (χ1) is 9.38. The normalized spacial score (nSPS) is 11.1. The van der Waals surface area contributed by atoms with Crippen LogP contribution in [0.5, 0.6) is 0 Å². The number of aromatic nitrogens is 2. The molecule has 1 heterocycles. The van der Waals surface area contributed by atoms with E-state index in [0.29, 0.717) is 5.92 Å². The molecule has 1 aromatic rings. The Balaban J connectivity index is 2.39. The monoisotopic (exact) mass is 262 g/mol. The van der Waals surface area contributed by atoms with Crippen LogP contribution in [0.4, 0.5) is 0 Å². The van der Waals surface area contributed by atoms with E-state index in [0.717, 1.165) is 0 Å². The van der Waals surface area contributed by atoms with Gasteiger partial charge in [-0.1, -0.05) is 65.2 Å². The van der Waals surface area contributed by atoms with Gasteiger partial charge in [-0.3, -0.25) is 0 Å². The molecule has 108 valence electrons. The second-order valence-electron chi connectivity index (χ2n) is 5.54. The Labute approximate surface area is 119 Å². The maximum absolute atomic E-state index is 4.33. The molecule has 0 N–H and O–H groups in total. The highest BCUT2D eigenvalue weighted by Crippen LogP contribution is 2.26. The van der Waals surface area contributed by atoms with Crippen LogP contribution in [-0.4, -0.2) is 10.2 Å². The third kappa shape index (κ3) is 7.29. The molecule has 0 saturated heterocycles. The van der Waals surface area contributed by atoms with Gasteiger partial charge in [-0.25, -0.2) is 0 Å². The zero-order valence-corrected chi connectivity index (χ0v) is 12.8. The van der Waals surface area contributed by atoms with Gasteiger partial charge >= 0.3 is 0 Å². The topological polar surface area (TPSA) is 25.8 Å². The Kier molecular flexibility index (Phi) is 9.30. The van der Waals surface area contributed by atoms with Crippen LogP contribution in [0.1, 0.15) is 89.7 Å². The highest BCUT2D eigenvalue weighted by molar-refractivity contribution is 5.06. The molecule has 0 aromatic carbocycles. The Bertz CT molecular complexity index is 285. The van der Waals surface area contributed by atoms with E-state index in [4.69, 9.17) is 0 Å². The minimum Gasteiger partial charge on any atom is -0.159 e. The highest BCUT2D eigenvalue weighted by Gasteiger charge is 2.12. The van der Waals surface area contributed by atoms with Gasteiger partial charge in [0.1, 0.15) is 0 Å². The van der Waals surface area contributed by atoms with Crippen LogP contribution in [-0.2, 0) is 0 Å². The number of rotatable bonds is 11. The van der Waals surface area contributed by atoms with E-state index in [1.807, 2.05) is 6.07 Å². The summed E-state index contributed by atoms with van der Waals surface area (Å²) in [6.45, 7) is 4.54. The van der Waals surface area contributed by atoms with Crippen LogP contribution in [0.2, 0.25) is 0 Å². The van der Waals surface area contributed by atoms with Crippen molar-refractivity contribution in [2.45, 2.75) is 84.0 Å². The summed E-state index contributed by atoms with van der Waals surface area (Å²) in [6.07, 6.45) is 15.1. The van der Waals surface area contributed by atoms with Crippen molar-refractivity contribution < 1.29 is 0 Å². The van der Waals surface area contributed by atoms with E-state index in [1.165, 1.54) is 69.9 Å². The van der Waals surface area contributed by atoms with E-state index in [-0.39, 0.29) is 0 Å². The molecule has 2 nitrogen and oxygen atoms in total. The summed E-state index contributed by atoms with van der Waals surface area (Å²) >= 11 is 0. The van der Waals surface area contributed by atoms with E-state index >= 15 is 0 Å². The summed E-state index contributed by atoms with van der Waals surface area (Å²) in [5.41, 5.74) is 1.20. The molecule has 0 bridgehead atoms. The van der Waals surface area contributed by atoms with Gasteiger partial charge in [0.05, 0.1) is 5.69 Å². The molecule has 0 aliphatic carbocycles. The van der Waals surface area contributed by atoms with E-state index < -0.39 is 0 Å². The molecule has 0 unspecified atom stereocenters. The molecule has 0 amide bonds. The Hall–Kier alpha value is -0.920. The Morgan fingerprint density at radius 3 is 2.00 bits per heavy atom. The molecular weight excluding hydrogens is 232 g/mol. The van der Waals surface area contributed by atoms with E-state index in [2.05, 4.69) is 30.1 Å². The zero-order valence-electron chi connectivity index (χ0n) is 12.8. The molecule has 0 aliphatic rings. The fraction of sp³-hybridized carbons (Fsp3) is 0.765. The van der Waals surface area contributed by atoms with E-state index in [9.17, 15) is 0 Å². The van der Waals surface area contributed by atoms with Gasteiger partial charge in [0, 0.05) is 12.1 Å². The number of nitrogens with zero attached hydrogens (tertiary/aromatic N) is 2. The van der Waals surface area contributed by atoms with Crippen molar-refractivity contribution >= 4 is 0 Å². The van der Waals surface area contributed by atoms with Crippen molar-refractivity contribution in [3.63, 3.8) is 0 Å². The third-order valence-corrected chi connectivity index (χ3v) is 3.82. The molecule has 0 aliphatic heterocycles. The molecule has 0 fully saturated rings. The lowest BCUT2D eigenvalue weighted by atomic mass is 9.91. The first-order valence-electron chi connectivity index (χ1n) is 8.16. The molecule has 19 heavy (non-hydrogen) atoms. The molecule has 1 rings (SSSR count). The average Bonchev–Trinajstić information content (AvgIpc) is 2.46. The summed E-state index contributed by atoms with van der Waals surface area (Å²) in [5.74, 6) is 0.627. The van der Waals surface area contributed by atoms with E-state index in [1.54, 1.807) is 6.20 Å². The lowest BCUT2D eigenvalue weighted by Crippen LogP contribution is -2.03. The first kappa shape index (κ1) is 16.1. The van der Waals surface area contributed by atoms with Crippen molar-refractivity contribution in [1.82, 2.24) is 10.2 Å². The molecule has 0 radical (unpaired) electrons. The third-order valence-electron chi connectivity index (χ3n) is 3.82. The van der Waals surface area contributed by atoms with Crippen molar-refractivity contribution in [2.24, 2.45) is 0 Å². The Morgan fingerprint density at radius 2 is 1.53 bits per heavy atom. The highest BCUT2D eigenvalue weighted by atomic mass is 15.1. The van der Waals surface area contributed by atoms with Gasteiger partial charge in [0.2, 0.25) is 0 Å². The van der Waals surface area contributed by atoms with Crippen LogP contribution in [0, 0.1) is 0 Å². The quantitative estimate of drug-likeness (QED) is 0.492. The second-order valence-corrected chi connectivity index (χ2v) is 5.54. The molecule has 0 spiro atoms. The molecule has 2 heteroatoms. The predicted molar refractivity (Wildman–Crippen MR) is 82.3 cm³/mol. The number of hydrogen-bond acceptors (Lipinski definition) is 2. The van der Waals surface area contributed by atoms with Crippen LogP contribution < -0.4 is 0 Å². The van der Waals surface area contributed by atoms with Crippen molar-refractivity contribution in [3.8, 4) is 0 Å². The smallest absolute Gasteiger partial charge is 0.0661 e. The second kappa shape index (κ2) is 11.0. The maximum atomic E-state index is 4.33. The van der Waals surface area contributed by atoms with Gasteiger partial charge < -0.3 is 0 Å². The summed E-state index contributed by atoms with van der Waals surface area (Å²) in [7, 11) is 0. The van der Waals surface area contributed by atoms with Gasteiger partial charge in [-0.2, -0.15) is 10.2 Å². The van der Waals surface area contributed by atoms with Crippen molar-refractivity contribution in [2.75, 3.05) is 0 Å². The van der Waals surface area contributed by atoms with Gasteiger partial charge in [0.25, 0.3) is 0 Å². The SMILES string of the molecule is CCCCCCC(CCCCCC)c1cccnn1. The minimum atomic E-state index is 0.627. The lowest BCUT2D eigenvalue weighted by molar-refractivity contribution is 0.485. The number of hydrogen-bond donors (Lipinski definition) is 0. The molecule has 0 saturated carbocycles. The van der Waals surface area contributed by atoms with Crippen LogP contribution in [0.25, 0.3) is 0 Å². The van der Waals surface area contributed by atoms with Gasteiger partial charge in [0.15, 0.2) is 0 Å². The van der Waals surface area contributed by atoms with Crippen LogP contribution >= 0.6 is 0 Å². The van der Waals surface area contributed by atoms with Gasteiger partial charge in [-0.15, -0.1) is 0 Å². The molecule has 1 aromatic heterocycles. The lowest BCUT2D eigenvalue weighted by Gasteiger charge is -2.15. The summed E-state index contributed by atoms with van der Waals surface area (Å²) in [5, 5.41) is 8.37. The van der Waals surface area contributed by atoms with Crippen molar-refractivity contribution in [3.05, 3.63) is 24.0 Å². The van der Waals surface area contributed by atoms with Crippen molar-refractivity contribution in [1.29, 1.82) is 0 Å². The fourth-order valence-electron chi connectivity index (χ4n) is 2.61. The number of unbranched alkanes of at least 4 members (excludes halogenated alkanes) is 6. The standard InChI is InChI=1S/C17H30N2/c1-3-5-7-9-12-16(13-10-8-6-4-2)17-14-11-15-18-19-17/h11,14-16H,3-10,12-13H2,1-2H3. The summed E-state index contributed by atoms with van der Waals surface area (Å²) in [4.78, 5) is 0. The largest absolute Gasteiger partial charge is 0.159 e. The van der Waals surface area contributed by atoms with Crippen LogP contribution in [0.3, 0.4) is 0 Å². The molecular formula is C17H30N2. The Morgan fingerprint density at radius 1 is 0.895 bits per heavy atom. The fourth-order valence-corrected chi connectivity index (χ4v) is 2.61. The summed E-state index contributed by atoms with van der Waals surface area (Å²) in [6, 6.07) is 4.17.